The minimum Gasteiger partial charge on any atom is -0.351 e. The highest BCUT2D eigenvalue weighted by Crippen LogP contribution is 2.33. The van der Waals surface area contributed by atoms with Crippen molar-refractivity contribution < 1.29 is 0 Å². The molecule has 0 saturated carbocycles. The lowest BCUT2D eigenvalue weighted by molar-refractivity contribution is 0.0607. The molecule has 2 saturated heterocycles. The van der Waals surface area contributed by atoms with Crippen LogP contribution in [0.1, 0.15) is 32.1 Å². The van der Waals surface area contributed by atoms with Gasteiger partial charge in [-0.3, -0.25) is 0 Å². The van der Waals surface area contributed by atoms with E-state index in [4.69, 9.17) is 23.2 Å². The fourth-order valence-corrected chi connectivity index (χ4v) is 3.79. The van der Waals surface area contributed by atoms with Crippen LogP contribution in [0.15, 0.2) is 6.07 Å². The molecule has 3 heterocycles. The summed E-state index contributed by atoms with van der Waals surface area (Å²) in [5.41, 5.74) is 0. The highest BCUT2D eigenvalue weighted by Gasteiger charge is 2.36. The van der Waals surface area contributed by atoms with Crippen LogP contribution in [0.3, 0.4) is 0 Å². The molecule has 4 nitrogen and oxygen atoms in total. The lowest BCUT2D eigenvalue weighted by Gasteiger charge is -2.47. The molecule has 2 aliphatic heterocycles. The van der Waals surface area contributed by atoms with E-state index in [1.165, 1.54) is 19.3 Å². The smallest absolute Gasteiger partial charge is 0.225 e. The van der Waals surface area contributed by atoms with E-state index >= 15 is 0 Å². The summed E-state index contributed by atoms with van der Waals surface area (Å²) >= 11 is 11.8. The van der Waals surface area contributed by atoms with Crippen LogP contribution in [0.5, 0.6) is 0 Å². The third kappa shape index (κ3) is 2.96. The van der Waals surface area contributed by atoms with E-state index in [0.717, 1.165) is 12.8 Å². The molecule has 2 bridgehead atoms. The molecule has 1 aromatic rings. The molecule has 19 heavy (non-hydrogen) atoms. The highest BCUT2D eigenvalue weighted by molar-refractivity contribution is 6.33. The molecule has 104 valence electrons. The number of halogens is 2. The van der Waals surface area contributed by atoms with Crippen LogP contribution in [0.25, 0.3) is 0 Å². The molecule has 2 atom stereocenters. The first-order valence-electron chi connectivity index (χ1n) is 6.80. The monoisotopic (exact) mass is 300 g/mol. The Labute approximate surface area is 123 Å². The zero-order valence-electron chi connectivity index (χ0n) is 10.9. The Bertz CT molecular complexity index is 434. The van der Waals surface area contributed by atoms with Crippen molar-refractivity contribution in [2.45, 2.75) is 50.2 Å². The Morgan fingerprint density at radius 3 is 2.32 bits per heavy atom. The molecule has 6 heteroatoms. The number of piperidine rings is 2. The van der Waals surface area contributed by atoms with E-state index in [9.17, 15) is 0 Å². The van der Waals surface area contributed by atoms with Crippen molar-refractivity contribution in [3.63, 3.8) is 0 Å². The Balaban J connectivity index is 1.70. The van der Waals surface area contributed by atoms with Crippen molar-refractivity contribution in [3.8, 4) is 0 Å². The second-order valence-electron chi connectivity index (χ2n) is 5.55. The molecule has 0 aliphatic carbocycles. The minimum atomic E-state index is 0.385. The number of fused-ring (bicyclic) bond motifs is 2. The number of nitrogens with one attached hydrogen (secondary N) is 1. The molecule has 0 aromatic carbocycles. The van der Waals surface area contributed by atoms with Crippen LogP contribution in [-0.4, -0.2) is 40.0 Å². The SMILES string of the molecule is CN1C2CCCC1CC(Nc1nc(Cl)cc(Cl)n1)C2. The van der Waals surface area contributed by atoms with E-state index in [-0.39, 0.29) is 0 Å². The first kappa shape index (κ1) is 13.4. The third-order valence-electron chi connectivity index (χ3n) is 4.34. The maximum absolute atomic E-state index is 5.90. The van der Waals surface area contributed by atoms with E-state index in [1.54, 1.807) is 6.07 Å². The fraction of sp³-hybridized carbons (Fsp3) is 0.692. The van der Waals surface area contributed by atoms with Crippen molar-refractivity contribution in [3.05, 3.63) is 16.4 Å². The zero-order chi connectivity index (χ0) is 13.4. The van der Waals surface area contributed by atoms with Gasteiger partial charge < -0.3 is 10.2 Å². The highest BCUT2D eigenvalue weighted by atomic mass is 35.5. The standard InChI is InChI=1S/C13H18Cl2N4/c1-19-9-3-2-4-10(19)6-8(5-9)16-13-17-11(14)7-12(15)18-13/h7-10H,2-6H2,1H3,(H,16,17,18). The molecule has 1 aromatic heterocycles. The Morgan fingerprint density at radius 2 is 1.74 bits per heavy atom. The largest absolute Gasteiger partial charge is 0.351 e. The number of rotatable bonds is 2. The third-order valence-corrected chi connectivity index (χ3v) is 4.72. The summed E-state index contributed by atoms with van der Waals surface area (Å²) in [6, 6.07) is 3.33. The second-order valence-corrected chi connectivity index (χ2v) is 6.33. The summed E-state index contributed by atoms with van der Waals surface area (Å²) in [4.78, 5) is 10.9. The Kier molecular flexibility index (Phi) is 3.83. The average Bonchev–Trinajstić information content (AvgIpc) is 2.29. The second kappa shape index (κ2) is 5.43. The Hall–Kier alpha value is -0.580. The van der Waals surface area contributed by atoms with Crippen molar-refractivity contribution in [2.75, 3.05) is 12.4 Å². The van der Waals surface area contributed by atoms with Crippen LogP contribution in [0.4, 0.5) is 5.95 Å². The summed E-state index contributed by atoms with van der Waals surface area (Å²) in [7, 11) is 2.25. The van der Waals surface area contributed by atoms with E-state index in [1.807, 2.05) is 0 Å². The van der Waals surface area contributed by atoms with Gasteiger partial charge in [-0.25, -0.2) is 9.97 Å². The van der Waals surface area contributed by atoms with Gasteiger partial charge in [0.1, 0.15) is 10.3 Å². The van der Waals surface area contributed by atoms with Gasteiger partial charge >= 0.3 is 0 Å². The topological polar surface area (TPSA) is 41.0 Å². The van der Waals surface area contributed by atoms with Gasteiger partial charge in [-0.05, 0) is 32.7 Å². The van der Waals surface area contributed by atoms with Gasteiger partial charge in [-0.15, -0.1) is 0 Å². The van der Waals surface area contributed by atoms with E-state index in [2.05, 4.69) is 27.2 Å². The van der Waals surface area contributed by atoms with Gasteiger partial charge in [0.15, 0.2) is 0 Å². The van der Waals surface area contributed by atoms with Gasteiger partial charge in [-0.1, -0.05) is 29.6 Å². The molecule has 3 rings (SSSR count). The Morgan fingerprint density at radius 1 is 1.16 bits per heavy atom. The summed E-state index contributed by atoms with van der Waals surface area (Å²) in [5.74, 6) is 0.546. The molecule has 0 radical (unpaired) electrons. The van der Waals surface area contributed by atoms with Crippen LogP contribution in [0, 0.1) is 0 Å². The minimum absolute atomic E-state index is 0.385. The van der Waals surface area contributed by atoms with Crippen LogP contribution >= 0.6 is 23.2 Å². The van der Waals surface area contributed by atoms with Gasteiger partial charge in [0, 0.05) is 24.2 Å². The summed E-state index contributed by atoms with van der Waals surface area (Å²) in [6.07, 6.45) is 6.22. The zero-order valence-corrected chi connectivity index (χ0v) is 12.5. The molecule has 2 fully saturated rings. The van der Waals surface area contributed by atoms with Crippen LogP contribution in [0.2, 0.25) is 10.3 Å². The molecular weight excluding hydrogens is 283 g/mol. The predicted molar refractivity (Wildman–Crippen MR) is 77.9 cm³/mol. The van der Waals surface area contributed by atoms with E-state index < -0.39 is 0 Å². The molecular formula is C13H18Cl2N4. The normalized spacial score (nSPS) is 31.2. The number of anilines is 1. The van der Waals surface area contributed by atoms with Gasteiger partial charge in [0.25, 0.3) is 0 Å². The van der Waals surface area contributed by atoms with Crippen molar-refractivity contribution in [2.24, 2.45) is 0 Å². The first-order valence-corrected chi connectivity index (χ1v) is 7.56. The van der Waals surface area contributed by atoms with Crippen LogP contribution in [-0.2, 0) is 0 Å². The van der Waals surface area contributed by atoms with Gasteiger partial charge in [0.2, 0.25) is 5.95 Å². The quantitative estimate of drug-likeness (QED) is 0.852. The van der Waals surface area contributed by atoms with Crippen molar-refractivity contribution in [1.82, 2.24) is 14.9 Å². The number of hydrogen-bond donors (Lipinski definition) is 1. The fourth-order valence-electron chi connectivity index (χ4n) is 3.37. The van der Waals surface area contributed by atoms with E-state index in [0.29, 0.717) is 34.4 Å². The molecule has 2 aliphatic rings. The molecule has 0 spiro atoms. The van der Waals surface area contributed by atoms with Gasteiger partial charge in [0.05, 0.1) is 0 Å². The molecule has 0 amide bonds. The first-order chi connectivity index (χ1) is 9.11. The molecule has 1 N–H and O–H groups in total. The summed E-state index contributed by atoms with van der Waals surface area (Å²) in [6.45, 7) is 0. The molecule has 2 unspecified atom stereocenters. The van der Waals surface area contributed by atoms with Crippen LogP contribution < -0.4 is 5.32 Å². The maximum Gasteiger partial charge on any atom is 0.225 e. The summed E-state index contributed by atoms with van der Waals surface area (Å²) < 4.78 is 0. The number of aromatic nitrogens is 2. The lowest BCUT2D eigenvalue weighted by Crippen LogP contribution is -2.52. The van der Waals surface area contributed by atoms with Crippen molar-refractivity contribution >= 4 is 29.2 Å². The maximum atomic E-state index is 5.90. The van der Waals surface area contributed by atoms with Crippen molar-refractivity contribution in [1.29, 1.82) is 0 Å². The average molecular weight is 301 g/mol. The van der Waals surface area contributed by atoms with Gasteiger partial charge in [-0.2, -0.15) is 0 Å². The predicted octanol–water partition coefficient (Wildman–Crippen LogP) is 3.21. The number of hydrogen-bond acceptors (Lipinski definition) is 4. The summed E-state index contributed by atoms with van der Waals surface area (Å²) in [5, 5.41) is 4.16. The lowest BCUT2D eigenvalue weighted by atomic mass is 9.82. The number of nitrogens with zero attached hydrogens (tertiary/aromatic N) is 3.